The number of piperidine rings is 1. The zero-order valence-electron chi connectivity index (χ0n) is 27.2. The minimum atomic E-state index is -0.185. The van der Waals surface area contributed by atoms with Crippen molar-refractivity contribution < 1.29 is 14.3 Å². The van der Waals surface area contributed by atoms with E-state index in [1.165, 1.54) is 30.3 Å². The van der Waals surface area contributed by atoms with Gasteiger partial charge in [0, 0.05) is 44.7 Å². The average Bonchev–Trinajstić information content (AvgIpc) is 3.73. The van der Waals surface area contributed by atoms with E-state index in [0.717, 1.165) is 75.2 Å². The Morgan fingerprint density at radius 2 is 1.61 bits per heavy atom. The third-order valence-corrected chi connectivity index (χ3v) is 10.9. The number of hydrogen-bond donors (Lipinski definition) is 0. The maximum absolute atomic E-state index is 14.0. The zero-order chi connectivity index (χ0) is 31.3. The molecule has 2 saturated heterocycles. The minimum Gasteiger partial charge on any atom is -0.497 e. The van der Waals surface area contributed by atoms with E-state index >= 15 is 0 Å². The molecule has 3 atom stereocenters. The quantitative estimate of drug-likeness (QED) is 0.177. The van der Waals surface area contributed by atoms with Gasteiger partial charge in [0.1, 0.15) is 18.4 Å². The van der Waals surface area contributed by atoms with Crippen molar-refractivity contribution in [2.45, 2.75) is 69.6 Å². The first-order valence-electron chi connectivity index (χ1n) is 17.4. The van der Waals surface area contributed by atoms with Crippen LogP contribution >= 0.6 is 0 Å². The van der Waals surface area contributed by atoms with Gasteiger partial charge in [-0.1, -0.05) is 73.9 Å². The lowest BCUT2D eigenvalue weighted by Gasteiger charge is -2.36. The minimum absolute atomic E-state index is 0.0523. The summed E-state index contributed by atoms with van der Waals surface area (Å²) in [6.07, 6.45) is 10.2. The van der Waals surface area contributed by atoms with Gasteiger partial charge in [0.2, 0.25) is 0 Å². The van der Waals surface area contributed by atoms with Gasteiger partial charge in [0.05, 0.1) is 24.5 Å². The molecule has 2 aliphatic heterocycles. The number of carbonyl (C=O) groups is 1. The number of hydrogen-bond acceptors (Lipinski definition) is 6. The first-order chi connectivity index (χ1) is 22.7. The molecule has 4 aromatic rings. The van der Waals surface area contributed by atoms with E-state index < -0.39 is 0 Å². The third kappa shape index (κ3) is 6.86. The summed E-state index contributed by atoms with van der Waals surface area (Å²) in [5.74, 6) is 1.98. The van der Waals surface area contributed by atoms with Crippen molar-refractivity contribution in [3.8, 4) is 5.75 Å². The normalized spacial score (nSPS) is 22.6. The summed E-state index contributed by atoms with van der Waals surface area (Å²) in [6, 6.07) is 27.6. The van der Waals surface area contributed by atoms with Crippen LogP contribution in [0.15, 0.2) is 85.2 Å². The van der Waals surface area contributed by atoms with Crippen molar-refractivity contribution in [1.29, 1.82) is 0 Å². The van der Waals surface area contributed by atoms with Crippen molar-refractivity contribution in [2.24, 2.45) is 11.8 Å². The van der Waals surface area contributed by atoms with Crippen molar-refractivity contribution in [3.63, 3.8) is 0 Å². The second-order valence-corrected chi connectivity index (χ2v) is 13.7. The Labute approximate surface area is 273 Å². The highest BCUT2D eigenvalue weighted by Crippen LogP contribution is 2.39. The molecule has 242 valence electrons. The van der Waals surface area contributed by atoms with Gasteiger partial charge < -0.3 is 18.9 Å². The molecule has 7 heteroatoms. The molecule has 1 aliphatic carbocycles. The second-order valence-electron chi connectivity index (χ2n) is 13.7. The van der Waals surface area contributed by atoms with E-state index in [1.54, 1.807) is 7.11 Å². The number of carbonyl (C=O) groups excluding carboxylic acids is 1. The Hall–Kier alpha value is -3.68. The second kappa shape index (κ2) is 14.4. The fourth-order valence-corrected chi connectivity index (χ4v) is 8.43. The molecular weight excluding hydrogens is 572 g/mol. The Bertz CT molecular complexity index is 1560. The number of para-hydroxylation sites is 2. The molecule has 0 radical (unpaired) electrons. The molecular formula is C39H48N4O3. The predicted octanol–water partition coefficient (Wildman–Crippen LogP) is 7.09. The van der Waals surface area contributed by atoms with Crippen LogP contribution in [-0.4, -0.2) is 71.2 Å². The maximum Gasteiger partial charge on any atom is 0.323 e. The lowest BCUT2D eigenvalue weighted by Crippen LogP contribution is -2.47. The number of methoxy groups -OCH3 is 1. The van der Waals surface area contributed by atoms with Crippen LogP contribution in [-0.2, 0) is 16.1 Å². The summed E-state index contributed by atoms with van der Waals surface area (Å²) in [4.78, 5) is 23.8. The van der Waals surface area contributed by atoms with Gasteiger partial charge in [-0.3, -0.25) is 9.69 Å². The van der Waals surface area contributed by atoms with E-state index in [1.807, 2.05) is 30.6 Å². The van der Waals surface area contributed by atoms with Gasteiger partial charge in [-0.25, -0.2) is 4.98 Å². The Morgan fingerprint density at radius 3 is 2.37 bits per heavy atom. The largest absolute Gasteiger partial charge is 0.497 e. The molecule has 0 unspecified atom stereocenters. The number of esters is 1. The molecule has 3 heterocycles. The number of imidazole rings is 1. The van der Waals surface area contributed by atoms with E-state index in [9.17, 15) is 4.79 Å². The molecule has 0 spiro atoms. The van der Waals surface area contributed by atoms with Crippen LogP contribution in [0.5, 0.6) is 5.75 Å². The highest BCUT2D eigenvalue weighted by atomic mass is 16.5. The van der Waals surface area contributed by atoms with Crippen LogP contribution < -0.4 is 4.74 Å². The van der Waals surface area contributed by atoms with Gasteiger partial charge in [-0.2, -0.15) is 0 Å². The number of aromatic nitrogens is 2. The topological polar surface area (TPSA) is 59.8 Å². The van der Waals surface area contributed by atoms with Gasteiger partial charge in [-0.05, 0) is 72.9 Å². The van der Waals surface area contributed by atoms with Crippen LogP contribution in [0.4, 0.5) is 0 Å². The van der Waals surface area contributed by atoms with Crippen molar-refractivity contribution in [3.05, 3.63) is 96.3 Å². The third-order valence-electron chi connectivity index (χ3n) is 10.9. The van der Waals surface area contributed by atoms with E-state index in [2.05, 4.69) is 73.9 Å². The van der Waals surface area contributed by atoms with Gasteiger partial charge in [0.15, 0.2) is 0 Å². The molecule has 0 amide bonds. The summed E-state index contributed by atoms with van der Waals surface area (Å²) in [7, 11) is 1.67. The lowest BCUT2D eigenvalue weighted by molar-refractivity contribution is -0.154. The summed E-state index contributed by atoms with van der Waals surface area (Å²) >= 11 is 0. The number of likely N-dealkylation sites (tertiary alicyclic amines) is 2. The maximum atomic E-state index is 14.0. The van der Waals surface area contributed by atoms with Crippen molar-refractivity contribution in [2.75, 3.05) is 39.8 Å². The van der Waals surface area contributed by atoms with Crippen LogP contribution in [0.2, 0.25) is 0 Å². The molecule has 3 aromatic carbocycles. The molecule has 7 rings (SSSR count). The SMILES string of the molecule is COc1ccc(COC(=O)[C@@H](C2CCCCC2)N2C[C@H](CN3CCC(n4cnc5ccccc54)CC3)[C@@H](c3ccccc3)C2)cc1. The molecule has 46 heavy (non-hydrogen) atoms. The molecule has 1 saturated carbocycles. The molecule has 3 aliphatic rings. The first kappa shape index (κ1) is 30.9. The van der Waals surface area contributed by atoms with Gasteiger partial charge >= 0.3 is 5.97 Å². The standard InChI is InChI=1S/C39H48N4O3/c1-45-34-18-16-29(17-19-34)27-46-39(44)38(31-12-6-3-7-13-31)42-25-32(35(26-42)30-10-4-2-5-11-30)24-41-22-20-33(21-23-41)43-28-40-36-14-8-9-15-37(36)43/h2,4-5,8-11,14-19,28,31-33,35,38H,3,6-7,12-13,20-27H2,1H3/t32-,35+,38+/m0/s1. The Balaban J connectivity index is 1.05. The fourth-order valence-electron chi connectivity index (χ4n) is 8.43. The highest BCUT2D eigenvalue weighted by molar-refractivity contribution is 5.76. The van der Waals surface area contributed by atoms with Crippen LogP contribution in [0.25, 0.3) is 11.0 Å². The number of fused-ring (bicyclic) bond motifs is 1. The summed E-state index contributed by atoms with van der Waals surface area (Å²) < 4.78 is 13.8. The summed E-state index contributed by atoms with van der Waals surface area (Å²) in [5, 5.41) is 0. The van der Waals surface area contributed by atoms with Gasteiger partial charge in [-0.15, -0.1) is 0 Å². The van der Waals surface area contributed by atoms with Crippen molar-refractivity contribution >= 4 is 17.0 Å². The van der Waals surface area contributed by atoms with Crippen LogP contribution in [0.1, 0.15) is 68.0 Å². The van der Waals surface area contributed by atoms with E-state index in [-0.39, 0.29) is 12.0 Å². The molecule has 7 nitrogen and oxygen atoms in total. The fraction of sp³-hybridized carbons (Fsp3) is 0.487. The molecule has 0 bridgehead atoms. The number of ether oxygens (including phenoxy) is 2. The molecule has 0 N–H and O–H groups in total. The summed E-state index contributed by atoms with van der Waals surface area (Å²) in [5.41, 5.74) is 4.70. The smallest absolute Gasteiger partial charge is 0.323 e. The molecule has 3 fully saturated rings. The van der Waals surface area contributed by atoms with Crippen molar-refractivity contribution in [1.82, 2.24) is 19.4 Å². The monoisotopic (exact) mass is 620 g/mol. The Morgan fingerprint density at radius 1 is 0.870 bits per heavy atom. The highest BCUT2D eigenvalue weighted by Gasteiger charge is 2.44. The Kier molecular flexibility index (Phi) is 9.68. The number of benzene rings is 3. The number of nitrogens with zero attached hydrogens (tertiary/aromatic N) is 4. The predicted molar refractivity (Wildman–Crippen MR) is 182 cm³/mol. The van der Waals surface area contributed by atoms with Crippen LogP contribution in [0, 0.1) is 11.8 Å². The zero-order valence-corrected chi connectivity index (χ0v) is 27.2. The molecule has 1 aromatic heterocycles. The summed E-state index contributed by atoms with van der Waals surface area (Å²) in [6.45, 7) is 5.38. The van der Waals surface area contributed by atoms with E-state index in [0.29, 0.717) is 30.4 Å². The van der Waals surface area contributed by atoms with Gasteiger partial charge in [0.25, 0.3) is 0 Å². The lowest BCUT2D eigenvalue weighted by atomic mass is 9.83. The number of rotatable bonds is 10. The van der Waals surface area contributed by atoms with Crippen LogP contribution in [0.3, 0.4) is 0 Å². The average molecular weight is 621 g/mol. The first-order valence-corrected chi connectivity index (χ1v) is 17.4. The van der Waals surface area contributed by atoms with E-state index in [4.69, 9.17) is 9.47 Å².